The molecule has 1 unspecified atom stereocenters. The summed E-state index contributed by atoms with van der Waals surface area (Å²) in [6.45, 7) is 2.28. The first-order valence-corrected chi connectivity index (χ1v) is 7.62. The lowest BCUT2D eigenvalue weighted by atomic mass is 10.3. The maximum absolute atomic E-state index is 12.3. The van der Waals surface area contributed by atoms with E-state index in [9.17, 15) is 13.2 Å². The van der Waals surface area contributed by atoms with Crippen molar-refractivity contribution in [1.82, 2.24) is 4.31 Å². The lowest BCUT2D eigenvalue weighted by Crippen LogP contribution is -2.33. The minimum atomic E-state index is -3.70. The van der Waals surface area contributed by atoms with E-state index in [1.54, 1.807) is 0 Å². The van der Waals surface area contributed by atoms with Gasteiger partial charge < -0.3 is 9.52 Å². The van der Waals surface area contributed by atoms with Crippen LogP contribution in [0.25, 0.3) is 0 Å². The van der Waals surface area contributed by atoms with Gasteiger partial charge in [0.1, 0.15) is 4.90 Å². The van der Waals surface area contributed by atoms with Crippen LogP contribution in [0.5, 0.6) is 0 Å². The highest BCUT2D eigenvalue weighted by Crippen LogP contribution is 2.32. The van der Waals surface area contributed by atoms with E-state index in [2.05, 4.69) is 15.9 Å². The van der Waals surface area contributed by atoms with Gasteiger partial charge in [0, 0.05) is 18.7 Å². The van der Waals surface area contributed by atoms with Crippen molar-refractivity contribution >= 4 is 31.9 Å². The van der Waals surface area contributed by atoms with Gasteiger partial charge in [0.2, 0.25) is 15.8 Å². The van der Waals surface area contributed by atoms with Gasteiger partial charge in [-0.2, -0.15) is 4.31 Å². The normalized spacial score (nSPS) is 21.3. The van der Waals surface area contributed by atoms with E-state index < -0.39 is 21.8 Å². The van der Waals surface area contributed by atoms with Crippen molar-refractivity contribution in [2.75, 3.05) is 6.54 Å². The number of hydrogen-bond acceptors (Lipinski definition) is 4. The highest BCUT2D eigenvalue weighted by atomic mass is 79.9. The van der Waals surface area contributed by atoms with Gasteiger partial charge in [-0.25, -0.2) is 13.2 Å². The molecule has 1 fully saturated rings. The van der Waals surface area contributed by atoms with Crippen LogP contribution >= 0.6 is 15.9 Å². The molecule has 0 aliphatic carbocycles. The monoisotopic (exact) mass is 337 g/mol. The molecule has 2 rings (SSSR count). The molecule has 0 spiro atoms. The number of nitrogens with zero attached hydrogens (tertiary/aromatic N) is 1. The first-order chi connectivity index (χ1) is 8.34. The number of halogens is 1. The van der Waals surface area contributed by atoms with Gasteiger partial charge in [-0.15, -0.1) is 0 Å². The molecule has 6 nitrogen and oxygen atoms in total. The largest absolute Gasteiger partial charge is 0.475 e. The van der Waals surface area contributed by atoms with Crippen LogP contribution in [-0.2, 0) is 10.0 Å². The summed E-state index contributed by atoms with van der Waals surface area (Å²) in [6.07, 6.45) is 1.61. The van der Waals surface area contributed by atoms with Crippen molar-refractivity contribution in [2.24, 2.45) is 0 Å². The smallest absolute Gasteiger partial charge is 0.371 e. The molecule has 1 aromatic heterocycles. The van der Waals surface area contributed by atoms with Crippen molar-refractivity contribution in [3.63, 3.8) is 0 Å². The van der Waals surface area contributed by atoms with E-state index in [1.165, 1.54) is 4.31 Å². The van der Waals surface area contributed by atoms with Gasteiger partial charge in [-0.3, -0.25) is 0 Å². The maximum Gasteiger partial charge on any atom is 0.371 e. The fraction of sp³-hybridized carbons (Fsp3) is 0.500. The Morgan fingerprint density at radius 1 is 1.61 bits per heavy atom. The van der Waals surface area contributed by atoms with E-state index in [0.717, 1.165) is 18.9 Å². The number of carboxylic acids is 1. The summed E-state index contributed by atoms with van der Waals surface area (Å²) in [5.41, 5.74) is 0. The average Bonchev–Trinajstić information content (AvgIpc) is 2.84. The van der Waals surface area contributed by atoms with E-state index in [1.807, 2.05) is 6.92 Å². The Morgan fingerprint density at radius 2 is 2.28 bits per heavy atom. The Morgan fingerprint density at radius 3 is 2.72 bits per heavy atom. The molecule has 0 amide bonds. The quantitative estimate of drug-likeness (QED) is 0.910. The molecular formula is C10H12BrNO5S. The topological polar surface area (TPSA) is 87.8 Å². The standard InChI is InChI=1S/C10H12BrNO5S/c1-6-3-2-4-12(6)18(15,16)8-5-7(10(13)14)17-9(8)11/h5-6H,2-4H2,1H3,(H,13,14). The second-order valence-corrected chi connectivity index (χ2v) is 6.74. The first kappa shape index (κ1) is 13.6. The van der Waals surface area contributed by atoms with Crippen molar-refractivity contribution in [1.29, 1.82) is 0 Å². The van der Waals surface area contributed by atoms with Gasteiger partial charge in [0.25, 0.3) is 0 Å². The second kappa shape index (κ2) is 4.67. The Hall–Kier alpha value is -0.860. The number of carboxylic acid groups (broad SMARTS) is 1. The molecule has 0 bridgehead atoms. The molecule has 0 radical (unpaired) electrons. The fourth-order valence-electron chi connectivity index (χ4n) is 2.02. The summed E-state index contributed by atoms with van der Waals surface area (Å²) in [7, 11) is -3.70. The van der Waals surface area contributed by atoms with Crippen LogP contribution in [0.1, 0.15) is 30.3 Å². The summed E-state index contributed by atoms with van der Waals surface area (Å²) in [5, 5.41) is 8.78. The van der Waals surface area contributed by atoms with Gasteiger partial charge >= 0.3 is 5.97 Å². The fourth-order valence-corrected chi connectivity index (χ4v) is 4.63. The van der Waals surface area contributed by atoms with Crippen LogP contribution in [0.15, 0.2) is 20.0 Å². The molecule has 1 atom stereocenters. The summed E-state index contributed by atoms with van der Waals surface area (Å²) < 4.78 is 30.9. The van der Waals surface area contributed by atoms with E-state index >= 15 is 0 Å². The highest BCUT2D eigenvalue weighted by molar-refractivity contribution is 9.10. The van der Waals surface area contributed by atoms with Crippen molar-refractivity contribution in [3.8, 4) is 0 Å². The second-order valence-electron chi connectivity index (χ2n) is 4.16. The van der Waals surface area contributed by atoms with Crippen molar-refractivity contribution in [2.45, 2.75) is 30.7 Å². The number of furan rings is 1. The summed E-state index contributed by atoms with van der Waals surface area (Å²) >= 11 is 2.95. The van der Waals surface area contributed by atoms with Crippen LogP contribution in [0.4, 0.5) is 0 Å². The van der Waals surface area contributed by atoms with Gasteiger partial charge in [0.15, 0.2) is 4.67 Å². The number of carbonyl (C=O) groups is 1. The predicted octanol–water partition coefficient (Wildman–Crippen LogP) is 1.91. The number of aromatic carboxylic acids is 1. The molecule has 1 aliphatic rings. The average molecular weight is 338 g/mol. The minimum absolute atomic E-state index is 0.0704. The Bertz CT molecular complexity index is 579. The molecule has 1 N–H and O–H groups in total. The predicted molar refractivity (Wildman–Crippen MR) is 66.0 cm³/mol. The van der Waals surface area contributed by atoms with Crippen molar-refractivity contribution in [3.05, 3.63) is 16.5 Å². The number of sulfonamides is 1. The number of rotatable bonds is 3. The van der Waals surface area contributed by atoms with Crippen LogP contribution in [-0.4, -0.2) is 36.4 Å². The number of hydrogen-bond donors (Lipinski definition) is 1. The summed E-state index contributed by atoms with van der Waals surface area (Å²) in [4.78, 5) is 10.6. The zero-order chi connectivity index (χ0) is 13.5. The van der Waals surface area contributed by atoms with E-state index in [4.69, 9.17) is 9.52 Å². The van der Waals surface area contributed by atoms with Crippen LogP contribution in [0, 0.1) is 0 Å². The molecule has 18 heavy (non-hydrogen) atoms. The van der Waals surface area contributed by atoms with E-state index in [-0.39, 0.29) is 15.6 Å². The van der Waals surface area contributed by atoms with Crippen LogP contribution in [0.2, 0.25) is 0 Å². The van der Waals surface area contributed by atoms with Crippen molar-refractivity contribution < 1.29 is 22.7 Å². The third kappa shape index (κ3) is 2.19. The third-order valence-corrected chi connectivity index (χ3v) is 5.82. The maximum atomic E-state index is 12.3. The summed E-state index contributed by atoms with van der Waals surface area (Å²) in [5.74, 6) is -1.70. The molecule has 1 saturated heterocycles. The van der Waals surface area contributed by atoms with Gasteiger partial charge in [-0.1, -0.05) is 0 Å². The van der Waals surface area contributed by atoms with Crippen LogP contribution < -0.4 is 0 Å². The molecule has 0 saturated carbocycles. The molecule has 1 aliphatic heterocycles. The molecule has 2 heterocycles. The third-order valence-electron chi connectivity index (χ3n) is 2.94. The first-order valence-electron chi connectivity index (χ1n) is 5.38. The molecule has 1 aromatic rings. The zero-order valence-corrected chi connectivity index (χ0v) is 12.0. The molecule has 0 aromatic carbocycles. The Kier molecular flexibility index (Phi) is 3.52. The van der Waals surface area contributed by atoms with Gasteiger partial charge in [0.05, 0.1) is 0 Å². The lowest BCUT2D eigenvalue weighted by Gasteiger charge is -2.19. The van der Waals surface area contributed by atoms with E-state index in [0.29, 0.717) is 6.54 Å². The molecule has 8 heteroatoms. The highest BCUT2D eigenvalue weighted by Gasteiger charge is 2.36. The molecule has 100 valence electrons. The molecular weight excluding hydrogens is 326 g/mol. The zero-order valence-electron chi connectivity index (χ0n) is 9.59. The summed E-state index contributed by atoms with van der Waals surface area (Å²) in [6, 6.07) is 0.956. The minimum Gasteiger partial charge on any atom is -0.475 e. The van der Waals surface area contributed by atoms with Gasteiger partial charge in [-0.05, 0) is 35.7 Å². The lowest BCUT2D eigenvalue weighted by molar-refractivity contribution is 0.0661. The Balaban J connectivity index is 2.44. The van der Waals surface area contributed by atoms with Crippen LogP contribution in [0.3, 0.4) is 0 Å². The SMILES string of the molecule is CC1CCCN1S(=O)(=O)c1cc(C(=O)O)oc1Br. The Labute approximate surface area is 113 Å².